The Morgan fingerprint density at radius 3 is 2.38 bits per heavy atom. The second kappa shape index (κ2) is 6.21. The van der Waals surface area contributed by atoms with Crippen LogP contribution in [0.5, 0.6) is 11.5 Å². The monoisotopic (exact) mass is 369 g/mol. The highest BCUT2D eigenvalue weighted by Gasteiger charge is 2.24. The quantitative estimate of drug-likeness (QED) is 0.858. The maximum absolute atomic E-state index is 12.5. The lowest BCUT2D eigenvalue weighted by atomic mass is 10.1. The Labute approximate surface area is 142 Å². The van der Waals surface area contributed by atoms with Gasteiger partial charge in [0.05, 0.1) is 16.3 Å². The Hall–Kier alpha value is -2.45. The van der Waals surface area contributed by atoms with Crippen LogP contribution in [0, 0.1) is 0 Å². The zero-order valence-corrected chi connectivity index (χ0v) is 13.7. The Morgan fingerprint density at radius 1 is 1.12 bits per heavy atom. The summed E-state index contributed by atoms with van der Waals surface area (Å²) in [5.41, 5.74) is -0.387. The van der Waals surface area contributed by atoms with Crippen molar-refractivity contribution in [3.05, 3.63) is 47.0 Å². The van der Waals surface area contributed by atoms with Crippen LogP contribution in [-0.2, 0) is 10.0 Å². The minimum atomic E-state index is -4.07. The van der Waals surface area contributed by atoms with E-state index in [9.17, 15) is 18.3 Å². The molecule has 1 heterocycles. The summed E-state index contributed by atoms with van der Waals surface area (Å²) in [6.45, 7) is 0.576. The number of carbonyl (C=O) groups is 1. The highest BCUT2D eigenvalue weighted by Crippen LogP contribution is 2.36. The number of ether oxygens (including phenoxy) is 2. The predicted molar refractivity (Wildman–Crippen MR) is 86.7 cm³/mol. The van der Waals surface area contributed by atoms with Gasteiger partial charge in [-0.3, -0.25) is 4.72 Å². The summed E-state index contributed by atoms with van der Waals surface area (Å²) >= 11 is 5.91. The Bertz CT molecular complexity index is 912. The molecule has 0 aromatic heterocycles. The lowest BCUT2D eigenvalue weighted by molar-refractivity contribution is 0.0697. The maximum atomic E-state index is 12.5. The molecule has 3 rings (SSSR count). The van der Waals surface area contributed by atoms with Gasteiger partial charge in [-0.2, -0.15) is 0 Å². The van der Waals surface area contributed by atoms with Gasteiger partial charge < -0.3 is 14.6 Å². The first-order valence-corrected chi connectivity index (χ1v) is 8.69. The fourth-order valence-corrected chi connectivity index (χ4v) is 3.80. The zero-order valence-electron chi connectivity index (χ0n) is 12.2. The molecule has 2 N–H and O–H groups in total. The molecule has 0 radical (unpaired) electrons. The molecule has 0 atom stereocenters. The highest BCUT2D eigenvalue weighted by molar-refractivity contribution is 7.92. The third-order valence-electron chi connectivity index (χ3n) is 3.28. The van der Waals surface area contributed by atoms with Crippen molar-refractivity contribution >= 4 is 33.3 Å². The largest absolute Gasteiger partial charge is 0.486 e. The lowest BCUT2D eigenvalue weighted by Crippen LogP contribution is -2.19. The van der Waals surface area contributed by atoms with E-state index in [0.29, 0.717) is 0 Å². The third kappa shape index (κ3) is 3.10. The summed E-state index contributed by atoms with van der Waals surface area (Å²) < 4.78 is 37.9. The van der Waals surface area contributed by atoms with Crippen molar-refractivity contribution in [1.29, 1.82) is 0 Å². The van der Waals surface area contributed by atoms with Crippen LogP contribution in [0.15, 0.2) is 41.3 Å². The van der Waals surface area contributed by atoms with E-state index in [1.54, 1.807) is 6.07 Å². The fraction of sp³-hybridized carbons (Fsp3) is 0.133. The number of fused-ring (bicyclic) bond motifs is 1. The van der Waals surface area contributed by atoms with Gasteiger partial charge in [0.2, 0.25) is 0 Å². The number of sulfonamides is 1. The average molecular weight is 370 g/mol. The van der Waals surface area contributed by atoms with Crippen LogP contribution in [0.25, 0.3) is 0 Å². The van der Waals surface area contributed by atoms with Gasteiger partial charge in [0.25, 0.3) is 10.0 Å². The molecule has 0 unspecified atom stereocenters. The van der Waals surface area contributed by atoms with E-state index in [1.165, 1.54) is 30.3 Å². The molecule has 0 amide bonds. The molecule has 0 spiro atoms. The van der Waals surface area contributed by atoms with Crippen molar-refractivity contribution < 1.29 is 27.8 Å². The van der Waals surface area contributed by atoms with Gasteiger partial charge in [0.1, 0.15) is 18.1 Å². The van der Waals surface area contributed by atoms with Crippen LogP contribution in [0.3, 0.4) is 0 Å². The van der Waals surface area contributed by atoms with E-state index in [2.05, 4.69) is 4.72 Å². The molecule has 0 bridgehead atoms. The molecule has 1 aliphatic heterocycles. The second-order valence-corrected chi connectivity index (χ2v) is 6.94. The Morgan fingerprint density at radius 2 is 1.75 bits per heavy atom. The normalized spacial score (nSPS) is 13.4. The topological polar surface area (TPSA) is 102 Å². The summed E-state index contributed by atoms with van der Waals surface area (Å²) in [7, 11) is -4.07. The first-order valence-electron chi connectivity index (χ1n) is 6.83. The first kappa shape index (κ1) is 16.4. The van der Waals surface area contributed by atoms with E-state index < -0.39 is 16.0 Å². The fourth-order valence-electron chi connectivity index (χ4n) is 2.21. The summed E-state index contributed by atoms with van der Waals surface area (Å²) in [5.74, 6) is -0.786. The SMILES string of the molecule is O=C(O)c1cc2c(cc1NS(=O)(=O)c1ccccc1Cl)OCCO2. The number of aromatic carboxylic acids is 1. The summed E-state index contributed by atoms with van der Waals surface area (Å²) in [5, 5.41) is 9.36. The minimum absolute atomic E-state index is 0.0272. The van der Waals surface area contributed by atoms with Crippen molar-refractivity contribution in [2.45, 2.75) is 4.90 Å². The van der Waals surface area contributed by atoms with E-state index in [1.807, 2.05) is 0 Å². The van der Waals surface area contributed by atoms with E-state index in [4.69, 9.17) is 21.1 Å². The molecule has 0 saturated carbocycles. The number of nitrogens with one attached hydrogen (secondary N) is 1. The standard InChI is InChI=1S/C15H12ClNO6S/c16-10-3-1-2-4-14(10)24(20,21)17-11-8-13-12(22-5-6-23-13)7-9(11)15(18)19/h1-4,7-8,17H,5-6H2,(H,18,19). The molecule has 126 valence electrons. The van der Waals surface area contributed by atoms with Crippen molar-refractivity contribution in [1.82, 2.24) is 0 Å². The van der Waals surface area contributed by atoms with Crippen molar-refractivity contribution in [3.63, 3.8) is 0 Å². The molecular weight excluding hydrogens is 358 g/mol. The van der Waals surface area contributed by atoms with Crippen LogP contribution in [-0.4, -0.2) is 32.7 Å². The Kier molecular flexibility index (Phi) is 4.25. The number of hydrogen-bond donors (Lipinski definition) is 2. The molecular formula is C15H12ClNO6S. The van der Waals surface area contributed by atoms with E-state index >= 15 is 0 Å². The smallest absolute Gasteiger partial charge is 0.337 e. The number of carboxylic acid groups (broad SMARTS) is 1. The molecule has 2 aromatic carbocycles. The number of benzene rings is 2. The van der Waals surface area contributed by atoms with Gasteiger partial charge in [-0.1, -0.05) is 23.7 Å². The first-order chi connectivity index (χ1) is 11.4. The molecule has 2 aromatic rings. The molecule has 9 heteroatoms. The summed E-state index contributed by atoms with van der Waals surface area (Å²) in [6, 6.07) is 8.37. The number of anilines is 1. The second-order valence-electron chi connectivity index (χ2n) is 4.88. The number of halogens is 1. The van der Waals surface area contributed by atoms with Crippen molar-refractivity contribution in [2.75, 3.05) is 17.9 Å². The van der Waals surface area contributed by atoms with Crippen LogP contribution in [0.4, 0.5) is 5.69 Å². The molecule has 0 aliphatic carbocycles. The highest BCUT2D eigenvalue weighted by atomic mass is 35.5. The van der Waals surface area contributed by atoms with Gasteiger partial charge in [0, 0.05) is 12.1 Å². The lowest BCUT2D eigenvalue weighted by Gasteiger charge is -2.20. The van der Waals surface area contributed by atoms with Gasteiger partial charge in [0.15, 0.2) is 11.5 Å². The maximum Gasteiger partial charge on any atom is 0.337 e. The molecule has 1 aliphatic rings. The van der Waals surface area contributed by atoms with Gasteiger partial charge in [-0.15, -0.1) is 0 Å². The molecule has 24 heavy (non-hydrogen) atoms. The number of hydrogen-bond acceptors (Lipinski definition) is 5. The van der Waals surface area contributed by atoms with Gasteiger partial charge >= 0.3 is 5.97 Å². The number of rotatable bonds is 4. The Balaban J connectivity index is 2.06. The van der Waals surface area contributed by atoms with Gasteiger partial charge in [-0.25, -0.2) is 13.2 Å². The average Bonchev–Trinajstić information content (AvgIpc) is 2.54. The predicted octanol–water partition coefficient (Wildman–Crippen LogP) is 2.61. The van der Waals surface area contributed by atoms with E-state index in [0.717, 1.165) is 0 Å². The van der Waals surface area contributed by atoms with Crippen LogP contribution < -0.4 is 14.2 Å². The minimum Gasteiger partial charge on any atom is -0.486 e. The molecule has 0 saturated heterocycles. The zero-order chi connectivity index (χ0) is 17.3. The van der Waals surface area contributed by atoms with E-state index in [-0.39, 0.29) is 45.9 Å². The summed E-state index contributed by atoms with van der Waals surface area (Å²) in [4.78, 5) is 11.3. The van der Waals surface area contributed by atoms with Crippen LogP contribution in [0.2, 0.25) is 5.02 Å². The van der Waals surface area contributed by atoms with Crippen molar-refractivity contribution in [3.8, 4) is 11.5 Å². The van der Waals surface area contributed by atoms with Crippen LogP contribution >= 0.6 is 11.6 Å². The van der Waals surface area contributed by atoms with Crippen LogP contribution in [0.1, 0.15) is 10.4 Å². The number of carboxylic acids is 1. The third-order valence-corrected chi connectivity index (χ3v) is 5.15. The molecule has 7 nitrogen and oxygen atoms in total. The molecule has 0 fully saturated rings. The summed E-state index contributed by atoms with van der Waals surface area (Å²) in [6.07, 6.45) is 0. The van der Waals surface area contributed by atoms with Crippen molar-refractivity contribution in [2.24, 2.45) is 0 Å². The van der Waals surface area contributed by atoms with Gasteiger partial charge in [-0.05, 0) is 12.1 Å².